The number of hydrogen-bond acceptors (Lipinski definition) is 23. The summed E-state index contributed by atoms with van der Waals surface area (Å²) in [6, 6.07) is -4.07. The molecule has 826 valence electrons. The summed E-state index contributed by atoms with van der Waals surface area (Å²) in [7, 11) is 0. The summed E-state index contributed by atoms with van der Waals surface area (Å²) < 4.78 is 0. The van der Waals surface area contributed by atoms with E-state index in [1.165, 1.54) is 122 Å². The van der Waals surface area contributed by atoms with Crippen molar-refractivity contribution < 1.29 is 91.7 Å². The molecule has 4 aromatic rings. The third-order valence-electron chi connectivity index (χ3n) is 24.5. The lowest BCUT2D eigenvalue weighted by Crippen LogP contribution is -2.61. The first-order chi connectivity index (χ1) is 70.7. The van der Waals surface area contributed by atoms with E-state index in [2.05, 4.69) is 117 Å². The highest BCUT2D eigenvalue weighted by Crippen LogP contribution is 2.20. The van der Waals surface area contributed by atoms with Crippen LogP contribution in [-0.2, 0) is 107 Å². The number of amides is 17. The number of carbonyl (C=O) groups excluding carboxylic acids is 17. The standard InChI is InChI=1S/C101H163N29O19/c1-12-14-15-16-17-18-19-20-21-22-23-24-28-39-81(134)118-73(48-58(3)4)90(141)117-62(10)85(136)116-63(11)86(137)123-75(50-64-33-26-25-27-34-64)92(143)120-69(36-30-45-112-99(104)105)87(138)119-70(37-31-46-113-100(106)107)88(139)124-74(49-59(5)6)91(142)126-77(52-66-35-29-44-111-66)93(144)128-79(56-131)96(147)129-82(60(7)8)97(148)121-71(38-32-47-114-101(108)109)89(140)127-78(54-80(102)133)94(145)125-76(51-65-40-42-68(132)43-41-65)95(146)130-83(61(9)13-2)98(149)122-72(84(103)135)53-67-55-110-57-115-67/h25-27,29,33-35,40-44,55,57-63,69-70,72-79,82-83,111,131-132H,12-24,28,30-32,36-39,45-54,56H2,1-11H3,(H2,102,133)(H2,103,135)(H,110,115)(H,116,136)(H,117,141)(H,118,134)(H,119,138)(H,120,143)(H,122,149)(H,123,137)(H,124,139)(H,125,145)(H,126,142)(H,127,140)(H,128,144)(H,129,147)(H,130,146)(H4,104,105,112)(H4,106,107,113)(H4,108,109,114). The average Bonchev–Trinajstić information content (AvgIpc) is 0.918. The SMILES string of the molecule is CCCCCCCCCCCCCCCC(=O)NC(CC(C)C)C(=O)NC(C)C(=O)NC(C)C(=O)NC(Cc1ccccc1)C(=O)NC(CCCNC(=N)N)C(=O)NC(CCCNC(=N)N)C(=O)NC(CC(C)C)C(=O)NC(Cc1ccc[nH]1)C(=O)NC(CO)C(=O)NC(C(=O)N=C(CCCNC(=N)N)C(=O)NC(CC(N)=O)C(=O)NC(Cc1ccc(O)cc1)C(=O)NC(C(=O)NC(Cc1cnc[nH]1)C(N)=O)C(C)CC)C(C)C. The number of aliphatic imine (C=N–C) groups is 1. The number of phenolic OH excluding ortho intramolecular Hbond substituents is 1. The largest absolute Gasteiger partial charge is 0.508 e. The van der Waals surface area contributed by atoms with Crippen LogP contribution >= 0.6 is 0 Å². The van der Waals surface area contributed by atoms with Crippen molar-refractivity contribution in [2.75, 3.05) is 26.2 Å². The minimum atomic E-state index is -1.95. The van der Waals surface area contributed by atoms with Gasteiger partial charge in [-0.1, -0.05) is 188 Å². The molecule has 0 aliphatic carbocycles. The number of benzene rings is 2. The van der Waals surface area contributed by atoms with E-state index in [1.807, 2.05) is 13.8 Å². The molecule has 0 saturated carbocycles. The van der Waals surface area contributed by atoms with Crippen LogP contribution in [-0.4, -0.2) is 260 Å². The van der Waals surface area contributed by atoms with E-state index in [0.717, 1.165) is 25.7 Å². The number of aromatic amines is 2. The number of hydrogen-bond donors (Lipinski definition) is 29. The monoisotopic (exact) mass is 2090 g/mol. The van der Waals surface area contributed by atoms with Crippen LogP contribution in [0.5, 0.6) is 5.75 Å². The van der Waals surface area contributed by atoms with Gasteiger partial charge in [0, 0.05) is 75.5 Å². The zero-order valence-corrected chi connectivity index (χ0v) is 87.7. The number of imidazole rings is 1. The molecule has 0 spiro atoms. The molecule has 48 heteroatoms. The summed E-state index contributed by atoms with van der Waals surface area (Å²) >= 11 is 0. The quantitative estimate of drug-likeness (QED) is 0.0156. The molecule has 4 rings (SSSR count). The number of nitrogens with zero attached hydrogens (tertiary/aromatic N) is 2. The highest BCUT2D eigenvalue weighted by atomic mass is 16.3. The fourth-order valence-corrected chi connectivity index (χ4v) is 15.9. The Labute approximate surface area is 870 Å². The van der Waals surface area contributed by atoms with E-state index in [9.17, 15) is 77.3 Å². The van der Waals surface area contributed by atoms with Crippen LogP contribution < -0.4 is 119 Å². The first-order valence-corrected chi connectivity index (χ1v) is 51.4. The number of H-pyrrole nitrogens is 2. The number of primary amides is 2. The predicted octanol–water partition coefficient (Wildman–Crippen LogP) is -0.0730. The first kappa shape index (κ1) is 127. The average molecular weight is 2090 g/mol. The van der Waals surface area contributed by atoms with Gasteiger partial charge in [-0.05, 0) is 131 Å². The zero-order valence-electron chi connectivity index (χ0n) is 87.7. The summed E-state index contributed by atoms with van der Waals surface area (Å²) in [5.41, 5.74) is 29.2. The second-order valence-electron chi connectivity index (χ2n) is 38.8. The van der Waals surface area contributed by atoms with E-state index in [0.29, 0.717) is 35.4 Å². The first-order valence-electron chi connectivity index (χ1n) is 51.4. The summed E-state index contributed by atoms with van der Waals surface area (Å²) in [6.45, 7) is 17.2. The maximum atomic E-state index is 15.1. The number of aromatic nitrogens is 3. The fraction of sp³-hybridized carbons (Fsp3) is 0.604. The van der Waals surface area contributed by atoms with Gasteiger partial charge in [-0.15, -0.1) is 0 Å². The van der Waals surface area contributed by atoms with E-state index < -0.39 is 240 Å². The van der Waals surface area contributed by atoms with Crippen LogP contribution in [0, 0.1) is 39.9 Å². The minimum absolute atomic E-state index is 0.00122. The van der Waals surface area contributed by atoms with Crippen molar-refractivity contribution in [1.82, 2.24) is 105 Å². The van der Waals surface area contributed by atoms with Gasteiger partial charge in [-0.3, -0.25) is 97.7 Å². The van der Waals surface area contributed by atoms with Crippen molar-refractivity contribution in [3.8, 4) is 5.75 Å². The van der Waals surface area contributed by atoms with Crippen LogP contribution in [0.3, 0.4) is 0 Å². The molecule has 2 aromatic carbocycles. The van der Waals surface area contributed by atoms with Crippen LogP contribution in [0.15, 0.2) is 90.4 Å². The fourth-order valence-electron chi connectivity index (χ4n) is 15.9. The predicted molar refractivity (Wildman–Crippen MR) is 561 cm³/mol. The van der Waals surface area contributed by atoms with Crippen LogP contribution in [0.1, 0.15) is 253 Å². The number of carbonyl (C=O) groups is 17. The van der Waals surface area contributed by atoms with Gasteiger partial charge in [-0.2, -0.15) is 0 Å². The normalized spacial score (nSPS) is 14.3. The number of aromatic hydroxyl groups is 1. The van der Waals surface area contributed by atoms with Gasteiger partial charge >= 0.3 is 0 Å². The number of guanidine groups is 3. The highest BCUT2D eigenvalue weighted by molar-refractivity contribution is 6.41. The Hall–Kier alpha value is -14.6. The van der Waals surface area contributed by atoms with Gasteiger partial charge in [0.25, 0.3) is 11.8 Å². The molecule has 0 fully saturated rings. The van der Waals surface area contributed by atoms with Crippen molar-refractivity contribution in [1.29, 1.82) is 16.2 Å². The zero-order chi connectivity index (χ0) is 111. The Morgan fingerprint density at radius 1 is 0.389 bits per heavy atom. The molecule has 15 atom stereocenters. The number of phenols is 1. The Bertz CT molecular complexity index is 4990. The lowest BCUT2D eigenvalue weighted by atomic mass is 9.96. The molecule has 0 saturated heterocycles. The summed E-state index contributed by atoms with van der Waals surface area (Å²) in [4.78, 5) is 256. The van der Waals surface area contributed by atoms with Crippen LogP contribution in [0.2, 0.25) is 0 Å². The van der Waals surface area contributed by atoms with Gasteiger partial charge in [0.1, 0.15) is 96.0 Å². The Kier molecular flexibility index (Phi) is 58.4. The van der Waals surface area contributed by atoms with E-state index in [4.69, 9.17) is 44.9 Å². The molecule has 15 unspecified atom stereocenters. The number of aliphatic hydroxyl groups is 1. The highest BCUT2D eigenvalue weighted by Gasteiger charge is 2.40. The number of nitrogens with two attached hydrogens (primary N) is 5. The smallest absolute Gasteiger partial charge is 0.268 e. The number of nitrogens with one attached hydrogen (secondary N) is 22. The summed E-state index contributed by atoms with van der Waals surface area (Å²) in [6.07, 6.45) is 17.0. The number of aliphatic hydroxyl groups excluding tert-OH is 1. The molecule has 2 aromatic heterocycles. The van der Waals surface area contributed by atoms with Crippen molar-refractivity contribution in [3.05, 3.63) is 108 Å². The molecule has 34 N–H and O–H groups in total. The number of unbranched alkanes of at least 4 members (excludes halogenated alkanes) is 12. The topological polar surface area (TPSA) is 794 Å². The minimum Gasteiger partial charge on any atom is -0.508 e. The molecular weight excluding hydrogens is 1920 g/mol. The summed E-state index contributed by atoms with van der Waals surface area (Å²) in [5, 5.41) is 88.7. The van der Waals surface area contributed by atoms with Crippen molar-refractivity contribution in [3.63, 3.8) is 0 Å². The third-order valence-corrected chi connectivity index (χ3v) is 24.5. The molecule has 0 radical (unpaired) electrons. The lowest BCUT2D eigenvalue weighted by molar-refractivity contribution is -0.136. The third kappa shape index (κ3) is 50.6. The molecule has 0 aliphatic rings. The maximum Gasteiger partial charge on any atom is 0.268 e. The van der Waals surface area contributed by atoms with Gasteiger partial charge in [-0.25, -0.2) is 9.98 Å². The summed E-state index contributed by atoms with van der Waals surface area (Å²) in [5.74, 6) is -19.7. The Morgan fingerprint density at radius 2 is 0.805 bits per heavy atom. The second-order valence-corrected chi connectivity index (χ2v) is 38.8. The van der Waals surface area contributed by atoms with Gasteiger partial charge < -0.3 is 139 Å². The molecule has 0 aliphatic heterocycles. The van der Waals surface area contributed by atoms with Crippen molar-refractivity contribution in [2.24, 2.45) is 57.3 Å². The van der Waals surface area contributed by atoms with E-state index in [1.54, 1.807) is 70.2 Å². The molecule has 2 heterocycles. The van der Waals surface area contributed by atoms with Crippen LogP contribution in [0.4, 0.5) is 0 Å². The molecule has 17 amide bonds. The molecule has 48 nitrogen and oxygen atoms in total. The van der Waals surface area contributed by atoms with Crippen molar-refractivity contribution in [2.45, 2.75) is 341 Å². The molecular formula is C101H163N29O19. The van der Waals surface area contributed by atoms with Gasteiger partial charge in [0.05, 0.1) is 19.4 Å². The van der Waals surface area contributed by atoms with Crippen molar-refractivity contribution >= 4 is 124 Å². The molecule has 0 bridgehead atoms. The molecule has 149 heavy (non-hydrogen) atoms. The number of rotatable bonds is 73. The van der Waals surface area contributed by atoms with Crippen LogP contribution in [0.25, 0.3) is 0 Å². The van der Waals surface area contributed by atoms with E-state index in [-0.39, 0.29) is 114 Å². The Balaban J connectivity index is 1.61. The van der Waals surface area contributed by atoms with Gasteiger partial charge in [0.2, 0.25) is 88.6 Å². The van der Waals surface area contributed by atoms with E-state index >= 15 is 14.4 Å². The Morgan fingerprint density at radius 3 is 1.28 bits per heavy atom. The van der Waals surface area contributed by atoms with Gasteiger partial charge in [0.15, 0.2) is 17.9 Å². The second kappa shape index (κ2) is 68.7. The maximum absolute atomic E-state index is 15.1. The lowest BCUT2D eigenvalue weighted by Gasteiger charge is -2.29.